The molecule has 2 rings (SSSR count). The summed E-state index contributed by atoms with van der Waals surface area (Å²) < 4.78 is 0. The highest BCUT2D eigenvalue weighted by atomic mass is 32.1. The summed E-state index contributed by atoms with van der Waals surface area (Å²) in [6.45, 7) is 0. The molecule has 1 amide bonds. The van der Waals surface area contributed by atoms with Crippen LogP contribution in [0, 0.1) is 0 Å². The summed E-state index contributed by atoms with van der Waals surface area (Å²) >= 11 is 4.62. The number of guanidine groups is 1. The zero-order valence-electron chi connectivity index (χ0n) is 9.31. The molecule has 0 fully saturated rings. The van der Waals surface area contributed by atoms with Gasteiger partial charge in [0.15, 0.2) is 5.11 Å². The van der Waals surface area contributed by atoms with Crippen molar-refractivity contribution >= 4 is 35.3 Å². The fraction of sp³-hybridized carbons (Fsp3) is 0. The molecule has 5 N–H and O–H groups in total. The molecule has 7 heteroatoms. The summed E-state index contributed by atoms with van der Waals surface area (Å²) in [5.74, 6) is -0.0268. The SMILES string of the molecule is NC(=S)NNC1=N/C(=C\c2ccccc2)C(=O)N1. The van der Waals surface area contributed by atoms with E-state index in [1.54, 1.807) is 6.08 Å². The van der Waals surface area contributed by atoms with E-state index in [1.807, 2.05) is 30.3 Å². The van der Waals surface area contributed by atoms with Crippen LogP contribution in [0.1, 0.15) is 5.56 Å². The van der Waals surface area contributed by atoms with Gasteiger partial charge in [-0.1, -0.05) is 30.3 Å². The number of nitrogens with zero attached hydrogens (tertiary/aromatic N) is 1. The fourth-order valence-electron chi connectivity index (χ4n) is 1.36. The molecule has 1 aromatic carbocycles. The third kappa shape index (κ3) is 3.05. The van der Waals surface area contributed by atoms with Crippen LogP contribution in [0.25, 0.3) is 6.08 Å². The van der Waals surface area contributed by atoms with Crippen LogP contribution in [-0.4, -0.2) is 17.0 Å². The van der Waals surface area contributed by atoms with Crippen molar-refractivity contribution in [2.75, 3.05) is 0 Å². The zero-order valence-corrected chi connectivity index (χ0v) is 10.1. The maximum atomic E-state index is 11.6. The number of nitrogens with one attached hydrogen (secondary N) is 3. The molecule has 1 aliphatic heterocycles. The minimum Gasteiger partial charge on any atom is -0.375 e. The van der Waals surface area contributed by atoms with Crippen LogP contribution >= 0.6 is 12.2 Å². The smallest absolute Gasteiger partial charge is 0.276 e. The van der Waals surface area contributed by atoms with Crippen molar-refractivity contribution in [3.63, 3.8) is 0 Å². The third-order valence-corrected chi connectivity index (χ3v) is 2.21. The standard InChI is InChI=1S/C11H11N5OS/c12-10(18)15-16-11-13-8(9(17)14-11)6-7-4-2-1-3-5-7/h1-6H,(H3,12,15,18)(H2,13,14,16,17)/b8-6-. The van der Waals surface area contributed by atoms with Crippen molar-refractivity contribution in [1.82, 2.24) is 16.2 Å². The van der Waals surface area contributed by atoms with Gasteiger partial charge in [0.05, 0.1) is 0 Å². The predicted octanol–water partition coefficient (Wildman–Crippen LogP) is -0.149. The molecule has 18 heavy (non-hydrogen) atoms. The number of hydrazine groups is 1. The number of carbonyl (C=O) groups is 1. The number of nitrogens with two attached hydrogens (primary N) is 1. The average Bonchev–Trinajstić information content (AvgIpc) is 2.69. The summed E-state index contributed by atoms with van der Waals surface area (Å²) in [6, 6.07) is 9.44. The van der Waals surface area contributed by atoms with Crippen molar-refractivity contribution in [1.29, 1.82) is 0 Å². The molecule has 0 saturated carbocycles. The summed E-state index contributed by atoms with van der Waals surface area (Å²) in [5.41, 5.74) is 11.5. The van der Waals surface area contributed by atoms with E-state index in [0.29, 0.717) is 5.70 Å². The molecule has 0 atom stereocenters. The Morgan fingerprint density at radius 2 is 2.11 bits per heavy atom. The second kappa shape index (κ2) is 5.28. The summed E-state index contributed by atoms with van der Waals surface area (Å²) in [7, 11) is 0. The largest absolute Gasteiger partial charge is 0.375 e. The predicted molar refractivity (Wildman–Crippen MR) is 73.1 cm³/mol. The van der Waals surface area contributed by atoms with Crippen LogP contribution in [0.2, 0.25) is 0 Å². The van der Waals surface area contributed by atoms with Crippen LogP contribution in [0.4, 0.5) is 0 Å². The zero-order chi connectivity index (χ0) is 13.0. The lowest BCUT2D eigenvalue weighted by Gasteiger charge is -2.05. The first-order valence-electron chi connectivity index (χ1n) is 5.13. The Labute approximate surface area is 109 Å². The first-order valence-corrected chi connectivity index (χ1v) is 5.54. The lowest BCUT2D eigenvalue weighted by Crippen LogP contribution is -2.48. The Morgan fingerprint density at radius 3 is 2.78 bits per heavy atom. The molecule has 1 aliphatic rings. The first-order chi connectivity index (χ1) is 8.65. The van der Waals surface area contributed by atoms with E-state index in [4.69, 9.17) is 5.73 Å². The molecular weight excluding hydrogens is 250 g/mol. The fourth-order valence-corrected chi connectivity index (χ4v) is 1.41. The molecule has 1 aromatic rings. The maximum Gasteiger partial charge on any atom is 0.276 e. The van der Waals surface area contributed by atoms with Crippen LogP contribution in [0.15, 0.2) is 41.0 Å². The van der Waals surface area contributed by atoms with Gasteiger partial charge in [0.25, 0.3) is 5.91 Å². The molecule has 0 unspecified atom stereocenters. The second-order valence-corrected chi connectivity index (χ2v) is 3.91. The van der Waals surface area contributed by atoms with Gasteiger partial charge in [-0.2, -0.15) is 0 Å². The van der Waals surface area contributed by atoms with Gasteiger partial charge in [-0.15, -0.1) is 0 Å². The number of aliphatic imine (C=N–C) groups is 1. The topological polar surface area (TPSA) is 91.5 Å². The van der Waals surface area contributed by atoms with Crippen molar-refractivity contribution in [3.8, 4) is 0 Å². The number of hydrogen-bond acceptors (Lipinski definition) is 4. The van der Waals surface area contributed by atoms with Gasteiger partial charge in [-0.25, -0.2) is 4.99 Å². The van der Waals surface area contributed by atoms with Crippen LogP contribution in [0.5, 0.6) is 0 Å². The average molecular weight is 261 g/mol. The highest BCUT2D eigenvalue weighted by Crippen LogP contribution is 2.10. The highest BCUT2D eigenvalue weighted by Gasteiger charge is 2.19. The van der Waals surface area contributed by atoms with Gasteiger partial charge in [0, 0.05) is 0 Å². The number of carbonyl (C=O) groups excluding carboxylic acids is 1. The Balaban J connectivity index is 2.12. The molecule has 0 bridgehead atoms. The number of rotatable bonds is 1. The van der Waals surface area contributed by atoms with Gasteiger partial charge in [-0.3, -0.25) is 21.0 Å². The minimum atomic E-state index is -0.286. The van der Waals surface area contributed by atoms with Gasteiger partial charge in [0.1, 0.15) is 5.70 Å². The highest BCUT2D eigenvalue weighted by molar-refractivity contribution is 7.80. The Hall–Kier alpha value is -2.41. The minimum absolute atomic E-state index is 0.0624. The van der Waals surface area contributed by atoms with Crippen LogP contribution < -0.4 is 21.9 Å². The van der Waals surface area contributed by atoms with Crippen LogP contribution in [-0.2, 0) is 4.79 Å². The van der Waals surface area contributed by atoms with E-state index < -0.39 is 0 Å². The third-order valence-electron chi connectivity index (χ3n) is 2.10. The second-order valence-electron chi connectivity index (χ2n) is 3.47. The number of thiocarbonyl (C=S) groups is 1. The Kier molecular flexibility index (Phi) is 3.54. The lowest BCUT2D eigenvalue weighted by atomic mass is 10.2. The monoisotopic (exact) mass is 261 g/mol. The van der Waals surface area contributed by atoms with Gasteiger partial charge in [-0.05, 0) is 23.9 Å². The molecule has 0 spiro atoms. The Bertz CT molecular complexity index is 538. The quantitative estimate of drug-likeness (QED) is 0.321. The molecule has 0 aliphatic carbocycles. The Morgan fingerprint density at radius 1 is 1.39 bits per heavy atom. The number of benzene rings is 1. The molecule has 6 nitrogen and oxygen atoms in total. The molecule has 0 aromatic heterocycles. The van der Waals surface area contributed by atoms with E-state index in [2.05, 4.69) is 33.4 Å². The van der Waals surface area contributed by atoms with Gasteiger partial charge < -0.3 is 5.73 Å². The maximum absolute atomic E-state index is 11.6. The van der Waals surface area contributed by atoms with Crippen molar-refractivity contribution < 1.29 is 4.79 Å². The summed E-state index contributed by atoms with van der Waals surface area (Å²) in [5, 5.41) is 2.60. The van der Waals surface area contributed by atoms with E-state index in [0.717, 1.165) is 5.56 Å². The van der Waals surface area contributed by atoms with E-state index in [-0.39, 0.29) is 17.0 Å². The molecule has 92 valence electrons. The van der Waals surface area contributed by atoms with E-state index in [9.17, 15) is 4.79 Å². The van der Waals surface area contributed by atoms with Crippen LogP contribution in [0.3, 0.4) is 0 Å². The normalized spacial score (nSPS) is 16.1. The number of hydrogen-bond donors (Lipinski definition) is 4. The molecule has 0 saturated heterocycles. The van der Waals surface area contributed by atoms with Crippen molar-refractivity contribution in [2.45, 2.75) is 0 Å². The molecule has 0 radical (unpaired) electrons. The van der Waals surface area contributed by atoms with Gasteiger partial charge in [0.2, 0.25) is 5.96 Å². The van der Waals surface area contributed by atoms with Crippen molar-refractivity contribution in [3.05, 3.63) is 41.6 Å². The molecule has 1 heterocycles. The van der Waals surface area contributed by atoms with Crippen molar-refractivity contribution in [2.24, 2.45) is 10.7 Å². The van der Waals surface area contributed by atoms with E-state index in [1.165, 1.54) is 0 Å². The molecular formula is C11H11N5OS. The number of amides is 1. The van der Waals surface area contributed by atoms with E-state index >= 15 is 0 Å². The summed E-state index contributed by atoms with van der Waals surface area (Å²) in [6.07, 6.45) is 1.69. The lowest BCUT2D eigenvalue weighted by molar-refractivity contribution is -0.115. The van der Waals surface area contributed by atoms with Gasteiger partial charge >= 0.3 is 0 Å². The summed E-state index contributed by atoms with van der Waals surface area (Å²) in [4.78, 5) is 15.7. The first kappa shape index (κ1) is 12.1.